The number of thiol groups is 1. The van der Waals surface area contributed by atoms with Gasteiger partial charge in [-0.1, -0.05) is 0 Å². The number of hydrogen-bond donors (Lipinski definition) is 3. The molecule has 0 bridgehead atoms. The van der Waals surface area contributed by atoms with Gasteiger partial charge in [-0.05, 0) is 12.2 Å². The quantitative estimate of drug-likeness (QED) is 0.445. The molecule has 0 aromatic rings. The van der Waals surface area contributed by atoms with E-state index in [1.165, 1.54) is 0 Å². The Kier molecular flexibility index (Phi) is 9.38. The van der Waals surface area contributed by atoms with Crippen LogP contribution in [0.15, 0.2) is 0 Å². The summed E-state index contributed by atoms with van der Waals surface area (Å²) < 4.78 is 0. The van der Waals surface area contributed by atoms with Crippen molar-refractivity contribution in [2.45, 2.75) is 12.5 Å². The molecule has 0 spiro atoms. The Bertz CT molecular complexity index is 90.6. The van der Waals surface area contributed by atoms with Crippen molar-refractivity contribution in [3.05, 3.63) is 0 Å². The summed E-state index contributed by atoms with van der Waals surface area (Å²) in [4.78, 5) is 9.93. The zero-order chi connectivity index (χ0) is 6.57. The van der Waals surface area contributed by atoms with Crippen molar-refractivity contribution in [3.8, 4) is 0 Å². The molecule has 0 saturated carbocycles. The van der Waals surface area contributed by atoms with Crippen LogP contribution in [0.25, 0.3) is 0 Å². The van der Waals surface area contributed by atoms with Gasteiger partial charge in [0, 0.05) is 0 Å². The van der Waals surface area contributed by atoms with Crippen LogP contribution in [0.2, 0.25) is 0 Å². The maximum atomic E-state index is 9.93. The molecule has 54 valence electrons. The molecule has 3 nitrogen and oxygen atoms in total. The van der Waals surface area contributed by atoms with Gasteiger partial charge in [0.2, 0.25) is 0 Å². The molecule has 0 saturated heterocycles. The molecule has 0 unspecified atom stereocenters. The molecule has 1 atom stereocenters. The third-order valence-electron chi connectivity index (χ3n) is 0.757. The molecule has 0 aromatic heterocycles. The molecule has 9 heavy (non-hydrogen) atoms. The van der Waals surface area contributed by atoms with E-state index >= 15 is 0 Å². The van der Waals surface area contributed by atoms with Crippen molar-refractivity contribution in [3.63, 3.8) is 0 Å². The molecule has 2 radical (unpaired) electrons. The van der Waals surface area contributed by atoms with Gasteiger partial charge in [-0.2, -0.15) is 12.6 Å². The van der Waals surface area contributed by atoms with Crippen LogP contribution in [0, 0.1) is 0 Å². The van der Waals surface area contributed by atoms with Gasteiger partial charge in [-0.25, -0.2) is 0 Å². The fourth-order valence-electron chi connectivity index (χ4n) is 0.263. The zero-order valence-electron chi connectivity index (χ0n) is 5.08. The summed E-state index contributed by atoms with van der Waals surface area (Å²) in [6, 6.07) is -0.743. The van der Waals surface area contributed by atoms with Crippen LogP contribution in [0.3, 0.4) is 0 Å². The zero-order valence-corrected chi connectivity index (χ0v) is 11.5. The normalized spacial score (nSPS) is 11.8. The molecule has 3 N–H and O–H groups in total. The summed E-state index contributed by atoms with van der Waals surface area (Å²) in [6.07, 6.45) is 0.429. The summed E-state index contributed by atoms with van der Waals surface area (Å²) in [5.41, 5.74) is 5.08. The van der Waals surface area contributed by atoms with E-state index < -0.39 is 12.0 Å². The van der Waals surface area contributed by atoms with E-state index in [9.17, 15) is 4.79 Å². The van der Waals surface area contributed by atoms with Crippen molar-refractivity contribution in [2.24, 2.45) is 5.73 Å². The Morgan fingerprint density at radius 3 is 2.33 bits per heavy atom. The van der Waals surface area contributed by atoms with Gasteiger partial charge < -0.3 is 10.8 Å². The summed E-state index contributed by atoms with van der Waals surface area (Å²) in [5.74, 6) is -0.438. The third kappa shape index (κ3) is 6.59. The minimum atomic E-state index is -0.959. The van der Waals surface area contributed by atoms with E-state index in [1.54, 1.807) is 0 Å². The molecule has 0 aromatic carbocycles. The van der Waals surface area contributed by atoms with E-state index in [4.69, 9.17) is 10.8 Å². The number of rotatable bonds is 3. The second-order valence-electron chi connectivity index (χ2n) is 1.46. The molecule has 0 rings (SSSR count). The first kappa shape index (κ1) is 12.4. The second kappa shape index (κ2) is 6.82. The van der Waals surface area contributed by atoms with Crippen LogP contribution in [0.4, 0.5) is 0 Å². The van der Waals surface area contributed by atoms with Crippen molar-refractivity contribution >= 4 is 45.9 Å². The molecule has 0 aliphatic carbocycles. The van der Waals surface area contributed by atoms with E-state index in [0.29, 0.717) is 12.2 Å². The van der Waals surface area contributed by atoms with Crippen LogP contribution in [0.1, 0.15) is 6.42 Å². The van der Waals surface area contributed by atoms with E-state index in [2.05, 4.69) is 12.6 Å². The van der Waals surface area contributed by atoms with Crippen LogP contribution in [-0.2, 0) is 4.79 Å². The Morgan fingerprint density at radius 2 is 2.22 bits per heavy atom. The fraction of sp³-hybridized carbons (Fsp3) is 0.750. The first-order chi connectivity index (χ1) is 3.68. The number of hydrogen-bond acceptors (Lipinski definition) is 3. The second-order valence-corrected chi connectivity index (χ2v) is 1.90. The number of carboxylic acids is 1. The molecule has 0 heterocycles. The van der Waals surface area contributed by atoms with E-state index in [-0.39, 0.29) is 27.3 Å². The molecular formula is C4H11NO2PbS. The molecule has 0 aliphatic heterocycles. The summed E-state index contributed by atoms with van der Waals surface area (Å²) in [5, 5.41) is 8.15. The molecule has 5 heteroatoms. The van der Waals surface area contributed by atoms with Crippen molar-refractivity contribution in [2.75, 3.05) is 5.75 Å². The van der Waals surface area contributed by atoms with Gasteiger partial charge in [-0.15, -0.1) is 0 Å². The molecule has 0 fully saturated rings. The standard InChI is InChI=1S/C4H9NO2S.Pb.2H/c5-3(1-2-8)4(6)7;;;/h3,8H,1-2,5H2,(H,6,7);;;/t3-;;;/m1.../s1. The van der Waals surface area contributed by atoms with Crippen molar-refractivity contribution in [1.29, 1.82) is 0 Å². The average molecular weight is 344 g/mol. The minimum absolute atomic E-state index is 0. The van der Waals surface area contributed by atoms with Crippen LogP contribution in [-0.4, -0.2) is 50.2 Å². The van der Waals surface area contributed by atoms with E-state index in [1.807, 2.05) is 0 Å². The van der Waals surface area contributed by atoms with E-state index in [0.717, 1.165) is 0 Å². The fourth-order valence-corrected chi connectivity index (χ4v) is 0.541. The topological polar surface area (TPSA) is 63.3 Å². The first-order valence-corrected chi connectivity index (χ1v) is 2.91. The SMILES string of the molecule is N[C@H](CCS)C(=O)O.[PbH2]. The van der Waals surface area contributed by atoms with Gasteiger partial charge in [0.05, 0.1) is 0 Å². The monoisotopic (exact) mass is 345 g/mol. The Labute approximate surface area is 79.6 Å². The van der Waals surface area contributed by atoms with Crippen LogP contribution >= 0.6 is 12.6 Å². The number of carboxylic acid groups (broad SMARTS) is 1. The van der Waals surface area contributed by atoms with Crippen molar-refractivity contribution < 1.29 is 9.90 Å². The van der Waals surface area contributed by atoms with Gasteiger partial charge in [0.1, 0.15) is 6.04 Å². The molecular weight excluding hydrogens is 333 g/mol. The van der Waals surface area contributed by atoms with Gasteiger partial charge in [0.15, 0.2) is 0 Å². The Morgan fingerprint density at radius 1 is 1.78 bits per heavy atom. The predicted octanol–water partition coefficient (Wildman–Crippen LogP) is -1.20. The van der Waals surface area contributed by atoms with Crippen LogP contribution < -0.4 is 5.73 Å². The first-order valence-electron chi connectivity index (χ1n) is 2.27. The summed E-state index contributed by atoms with van der Waals surface area (Å²) >= 11 is 3.81. The molecule has 0 aliphatic rings. The molecule has 0 amide bonds. The van der Waals surface area contributed by atoms with Gasteiger partial charge in [-0.3, -0.25) is 4.79 Å². The third-order valence-corrected chi connectivity index (χ3v) is 1.02. The number of nitrogens with two attached hydrogens (primary N) is 1. The summed E-state index contributed by atoms with van der Waals surface area (Å²) in [7, 11) is 0. The Hall–Kier alpha value is 0.702. The summed E-state index contributed by atoms with van der Waals surface area (Å²) in [6.45, 7) is 0. The van der Waals surface area contributed by atoms with Gasteiger partial charge in [0.25, 0.3) is 0 Å². The predicted molar refractivity (Wildman–Crippen MR) is 42.6 cm³/mol. The maximum absolute atomic E-state index is 9.93. The van der Waals surface area contributed by atoms with Crippen LogP contribution in [0.5, 0.6) is 0 Å². The average Bonchev–Trinajstić information content (AvgIpc) is 1.67. The Balaban J connectivity index is 0. The van der Waals surface area contributed by atoms with Gasteiger partial charge >= 0.3 is 33.3 Å². The number of carbonyl (C=O) groups is 1. The number of aliphatic carboxylic acids is 1. The van der Waals surface area contributed by atoms with Crippen molar-refractivity contribution in [1.82, 2.24) is 0 Å².